The monoisotopic (exact) mass is 279 g/mol. The van der Waals surface area contributed by atoms with Crippen molar-refractivity contribution >= 4 is 17.9 Å². The van der Waals surface area contributed by atoms with Crippen molar-refractivity contribution in [2.45, 2.75) is 24.7 Å². The SMILES string of the molecule is CCOC(=O)N1CCC(CSc2ccccc2)CC1. The predicted octanol–water partition coefficient (Wildman–Crippen LogP) is 3.65. The summed E-state index contributed by atoms with van der Waals surface area (Å²) in [5, 5.41) is 0. The number of thioether (sulfide) groups is 1. The van der Waals surface area contributed by atoms with E-state index in [9.17, 15) is 4.79 Å². The normalized spacial score (nSPS) is 16.4. The largest absolute Gasteiger partial charge is 0.450 e. The molecule has 1 amide bonds. The van der Waals surface area contributed by atoms with Gasteiger partial charge in [-0.25, -0.2) is 4.79 Å². The maximum Gasteiger partial charge on any atom is 0.409 e. The molecule has 1 saturated heterocycles. The van der Waals surface area contributed by atoms with E-state index in [4.69, 9.17) is 4.74 Å². The Bertz CT molecular complexity index is 388. The van der Waals surface area contributed by atoms with E-state index in [-0.39, 0.29) is 6.09 Å². The van der Waals surface area contributed by atoms with Gasteiger partial charge in [0.1, 0.15) is 0 Å². The minimum Gasteiger partial charge on any atom is -0.450 e. The third kappa shape index (κ3) is 4.46. The number of amides is 1. The third-order valence-electron chi connectivity index (χ3n) is 3.37. The van der Waals surface area contributed by atoms with Crippen molar-refractivity contribution in [1.82, 2.24) is 4.90 Å². The number of benzene rings is 1. The molecule has 0 saturated carbocycles. The lowest BCUT2D eigenvalue weighted by Gasteiger charge is -2.31. The van der Waals surface area contributed by atoms with Crippen LogP contribution in [0.15, 0.2) is 35.2 Å². The molecule has 1 aliphatic rings. The Morgan fingerprint density at radius 3 is 2.63 bits per heavy atom. The topological polar surface area (TPSA) is 29.5 Å². The van der Waals surface area contributed by atoms with Gasteiger partial charge >= 0.3 is 6.09 Å². The van der Waals surface area contributed by atoms with Gasteiger partial charge in [-0.1, -0.05) is 18.2 Å². The Morgan fingerprint density at radius 1 is 1.32 bits per heavy atom. The lowest BCUT2D eigenvalue weighted by molar-refractivity contribution is 0.0937. The van der Waals surface area contributed by atoms with Crippen molar-refractivity contribution in [3.8, 4) is 0 Å². The van der Waals surface area contributed by atoms with Gasteiger partial charge in [-0.3, -0.25) is 0 Å². The molecule has 0 aliphatic carbocycles. The summed E-state index contributed by atoms with van der Waals surface area (Å²) in [6, 6.07) is 10.5. The minimum atomic E-state index is -0.156. The van der Waals surface area contributed by atoms with Crippen LogP contribution in [0.25, 0.3) is 0 Å². The van der Waals surface area contributed by atoms with E-state index in [0.717, 1.165) is 31.7 Å². The number of nitrogens with zero attached hydrogens (tertiary/aromatic N) is 1. The summed E-state index contributed by atoms with van der Waals surface area (Å²) in [6.07, 6.45) is 2.01. The van der Waals surface area contributed by atoms with Gasteiger partial charge in [0.15, 0.2) is 0 Å². The van der Waals surface area contributed by atoms with Crippen LogP contribution in [-0.4, -0.2) is 36.4 Å². The molecule has 0 atom stereocenters. The Balaban J connectivity index is 1.70. The molecule has 0 spiro atoms. The van der Waals surface area contributed by atoms with Crippen molar-refractivity contribution in [3.05, 3.63) is 30.3 Å². The lowest BCUT2D eigenvalue weighted by Crippen LogP contribution is -2.39. The van der Waals surface area contributed by atoms with Crippen LogP contribution in [-0.2, 0) is 4.74 Å². The van der Waals surface area contributed by atoms with Gasteiger partial charge in [-0.15, -0.1) is 11.8 Å². The van der Waals surface area contributed by atoms with Crippen LogP contribution < -0.4 is 0 Å². The molecule has 4 heteroatoms. The summed E-state index contributed by atoms with van der Waals surface area (Å²) in [7, 11) is 0. The fraction of sp³-hybridized carbons (Fsp3) is 0.533. The quantitative estimate of drug-likeness (QED) is 0.788. The number of rotatable bonds is 4. The zero-order chi connectivity index (χ0) is 13.5. The molecule has 0 bridgehead atoms. The van der Waals surface area contributed by atoms with E-state index in [1.54, 1.807) is 0 Å². The van der Waals surface area contributed by atoms with Gasteiger partial charge < -0.3 is 9.64 Å². The number of likely N-dealkylation sites (tertiary alicyclic amines) is 1. The highest BCUT2D eigenvalue weighted by atomic mass is 32.2. The molecular formula is C15H21NO2S. The Hall–Kier alpha value is -1.16. The van der Waals surface area contributed by atoms with Gasteiger partial charge in [0.25, 0.3) is 0 Å². The predicted molar refractivity (Wildman–Crippen MR) is 78.5 cm³/mol. The molecule has 104 valence electrons. The second-order valence-corrected chi connectivity index (χ2v) is 5.85. The summed E-state index contributed by atoms with van der Waals surface area (Å²) in [5.74, 6) is 1.84. The van der Waals surface area contributed by atoms with E-state index in [1.165, 1.54) is 4.90 Å². The molecule has 1 aliphatic heterocycles. The van der Waals surface area contributed by atoms with Crippen LogP contribution >= 0.6 is 11.8 Å². The second kappa shape index (κ2) is 7.43. The number of hydrogen-bond acceptors (Lipinski definition) is 3. The van der Waals surface area contributed by atoms with Crippen LogP contribution in [0, 0.1) is 5.92 Å². The number of piperidine rings is 1. The standard InChI is InChI=1S/C15H21NO2S/c1-2-18-15(17)16-10-8-13(9-11-16)12-19-14-6-4-3-5-7-14/h3-7,13H,2,8-12H2,1H3. The molecule has 19 heavy (non-hydrogen) atoms. The van der Waals surface area contributed by atoms with Gasteiger partial charge in [-0.2, -0.15) is 0 Å². The molecular weight excluding hydrogens is 258 g/mol. The first-order valence-corrected chi connectivity index (χ1v) is 7.87. The van der Waals surface area contributed by atoms with E-state index >= 15 is 0 Å². The van der Waals surface area contributed by atoms with Crippen LogP contribution in [0.4, 0.5) is 4.79 Å². The number of carbonyl (C=O) groups is 1. The molecule has 2 rings (SSSR count). The van der Waals surface area contributed by atoms with Crippen molar-refractivity contribution in [2.75, 3.05) is 25.4 Å². The maximum atomic E-state index is 11.6. The lowest BCUT2D eigenvalue weighted by atomic mass is 9.99. The molecule has 0 unspecified atom stereocenters. The highest BCUT2D eigenvalue weighted by Gasteiger charge is 2.23. The van der Waals surface area contributed by atoms with Crippen molar-refractivity contribution in [1.29, 1.82) is 0 Å². The van der Waals surface area contributed by atoms with Crippen molar-refractivity contribution in [3.63, 3.8) is 0 Å². The highest BCUT2D eigenvalue weighted by Crippen LogP contribution is 2.26. The third-order valence-corrected chi connectivity index (χ3v) is 4.61. The second-order valence-electron chi connectivity index (χ2n) is 4.75. The van der Waals surface area contributed by atoms with Gasteiger partial charge in [0, 0.05) is 23.7 Å². The van der Waals surface area contributed by atoms with Crippen LogP contribution in [0.2, 0.25) is 0 Å². The summed E-state index contributed by atoms with van der Waals surface area (Å²) in [6.45, 7) is 3.97. The maximum absolute atomic E-state index is 11.6. The Labute approximate surface area is 119 Å². The van der Waals surface area contributed by atoms with Crippen molar-refractivity contribution in [2.24, 2.45) is 5.92 Å². The fourth-order valence-electron chi connectivity index (χ4n) is 2.23. The van der Waals surface area contributed by atoms with E-state index < -0.39 is 0 Å². The molecule has 3 nitrogen and oxygen atoms in total. The smallest absolute Gasteiger partial charge is 0.409 e. The zero-order valence-electron chi connectivity index (χ0n) is 11.4. The number of hydrogen-bond donors (Lipinski definition) is 0. The first kappa shape index (κ1) is 14.3. The molecule has 1 fully saturated rings. The van der Waals surface area contributed by atoms with E-state index in [0.29, 0.717) is 12.5 Å². The average molecular weight is 279 g/mol. The van der Waals surface area contributed by atoms with E-state index in [1.807, 2.05) is 29.7 Å². The van der Waals surface area contributed by atoms with Crippen LogP contribution in [0.1, 0.15) is 19.8 Å². The van der Waals surface area contributed by atoms with Crippen molar-refractivity contribution < 1.29 is 9.53 Å². The molecule has 1 aromatic rings. The minimum absolute atomic E-state index is 0.156. The van der Waals surface area contributed by atoms with E-state index in [2.05, 4.69) is 24.3 Å². The molecule has 1 heterocycles. The van der Waals surface area contributed by atoms with Gasteiger partial charge in [0.2, 0.25) is 0 Å². The average Bonchev–Trinajstić information content (AvgIpc) is 2.47. The first-order valence-electron chi connectivity index (χ1n) is 6.89. The molecule has 0 N–H and O–H groups in total. The van der Waals surface area contributed by atoms with Crippen LogP contribution in [0.5, 0.6) is 0 Å². The van der Waals surface area contributed by atoms with Gasteiger partial charge in [-0.05, 0) is 37.8 Å². The Morgan fingerprint density at radius 2 is 2.00 bits per heavy atom. The Kier molecular flexibility index (Phi) is 5.58. The zero-order valence-corrected chi connectivity index (χ0v) is 12.2. The van der Waals surface area contributed by atoms with Gasteiger partial charge in [0.05, 0.1) is 6.61 Å². The fourth-order valence-corrected chi connectivity index (χ4v) is 3.34. The highest BCUT2D eigenvalue weighted by molar-refractivity contribution is 7.99. The first-order chi connectivity index (χ1) is 9.29. The summed E-state index contributed by atoms with van der Waals surface area (Å²) in [4.78, 5) is 14.7. The number of carbonyl (C=O) groups excluding carboxylic acids is 1. The summed E-state index contributed by atoms with van der Waals surface area (Å²) < 4.78 is 5.03. The molecule has 0 radical (unpaired) electrons. The molecule has 1 aromatic carbocycles. The van der Waals surface area contributed by atoms with Crippen LogP contribution in [0.3, 0.4) is 0 Å². The number of ether oxygens (including phenoxy) is 1. The summed E-state index contributed by atoms with van der Waals surface area (Å²) in [5.41, 5.74) is 0. The molecule has 0 aromatic heterocycles. The summed E-state index contributed by atoms with van der Waals surface area (Å²) >= 11 is 1.91.